The van der Waals surface area contributed by atoms with E-state index in [0.29, 0.717) is 18.5 Å². The Bertz CT molecular complexity index is 407. The van der Waals surface area contributed by atoms with Crippen LogP contribution in [-0.4, -0.2) is 43.9 Å². The molecule has 0 bridgehead atoms. The monoisotopic (exact) mass is 303 g/mol. The lowest BCUT2D eigenvalue weighted by molar-refractivity contribution is 0.237. The normalized spacial score (nSPS) is 26.9. The van der Waals surface area contributed by atoms with Gasteiger partial charge >= 0.3 is 0 Å². The van der Waals surface area contributed by atoms with Gasteiger partial charge in [-0.05, 0) is 38.5 Å². The molecule has 1 aliphatic carbocycles. The second kappa shape index (κ2) is 6.73. The van der Waals surface area contributed by atoms with Crippen LogP contribution in [0.15, 0.2) is 0 Å². The lowest BCUT2D eigenvalue weighted by Gasteiger charge is -2.36. The number of hydrogen-bond acceptors (Lipinski definition) is 3. The van der Waals surface area contributed by atoms with Crippen molar-refractivity contribution in [2.24, 2.45) is 5.92 Å². The van der Waals surface area contributed by atoms with Crippen molar-refractivity contribution < 1.29 is 8.42 Å². The molecule has 1 saturated heterocycles. The molecule has 0 aromatic heterocycles. The van der Waals surface area contributed by atoms with Crippen LogP contribution in [0.3, 0.4) is 0 Å². The van der Waals surface area contributed by atoms with Crippen LogP contribution in [0.2, 0.25) is 0 Å². The summed E-state index contributed by atoms with van der Waals surface area (Å²) in [6.07, 6.45) is 5.36. The Morgan fingerprint density at radius 1 is 1.15 bits per heavy atom. The molecule has 2 unspecified atom stereocenters. The Kier molecular flexibility index (Phi) is 5.45. The van der Waals surface area contributed by atoms with Crippen molar-refractivity contribution in [3.63, 3.8) is 0 Å². The highest BCUT2D eigenvalue weighted by atomic mass is 32.2. The predicted octanol–water partition coefficient (Wildman–Crippen LogP) is 1.47. The molecule has 118 valence electrons. The summed E-state index contributed by atoms with van der Waals surface area (Å²) >= 11 is 0. The maximum atomic E-state index is 12.6. The Hall–Kier alpha value is -0.170. The van der Waals surface area contributed by atoms with Crippen molar-refractivity contribution in [3.8, 4) is 0 Å². The van der Waals surface area contributed by atoms with Crippen LogP contribution >= 0.6 is 0 Å². The van der Waals surface area contributed by atoms with E-state index in [-0.39, 0.29) is 12.1 Å². The van der Waals surface area contributed by atoms with Crippen LogP contribution in [0.5, 0.6) is 0 Å². The van der Waals surface area contributed by atoms with Crippen molar-refractivity contribution in [2.75, 3.05) is 13.1 Å². The Morgan fingerprint density at radius 3 is 2.45 bits per heavy atom. The van der Waals surface area contributed by atoms with Gasteiger partial charge in [-0.2, -0.15) is 17.4 Å². The first-order valence-corrected chi connectivity index (χ1v) is 9.36. The minimum absolute atomic E-state index is 0.0700. The van der Waals surface area contributed by atoms with E-state index in [1.54, 1.807) is 4.31 Å². The fraction of sp³-hybridized carbons (Fsp3) is 1.00. The molecule has 2 N–H and O–H groups in total. The van der Waals surface area contributed by atoms with Gasteiger partial charge < -0.3 is 5.32 Å². The molecule has 0 aromatic carbocycles. The van der Waals surface area contributed by atoms with Crippen molar-refractivity contribution in [3.05, 3.63) is 0 Å². The van der Waals surface area contributed by atoms with Gasteiger partial charge in [0, 0.05) is 31.2 Å². The van der Waals surface area contributed by atoms with Crippen LogP contribution in [0, 0.1) is 5.92 Å². The average molecular weight is 303 g/mol. The number of hydrogen-bond donors (Lipinski definition) is 2. The highest BCUT2D eigenvalue weighted by Crippen LogP contribution is 2.33. The molecular weight excluding hydrogens is 274 g/mol. The average Bonchev–Trinajstić information content (AvgIpc) is 3.20. The van der Waals surface area contributed by atoms with E-state index in [2.05, 4.69) is 23.9 Å². The maximum Gasteiger partial charge on any atom is 0.279 e. The summed E-state index contributed by atoms with van der Waals surface area (Å²) in [5.74, 6) is 0.543. The molecule has 0 radical (unpaired) electrons. The summed E-state index contributed by atoms with van der Waals surface area (Å²) in [7, 11) is -3.34. The molecule has 0 aromatic rings. The zero-order valence-corrected chi connectivity index (χ0v) is 13.7. The van der Waals surface area contributed by atoms with Crippen molar-refractivity contribution >= 4 is 10.2 Å². The van der Waals surface area contributed by atoms with Crippen molar-refractivity contribution in [1.29, 1.82) is 0 Å². The third-order valence-corrected chi connectivity index (χ3v) is 6.08. The lowest BCUT2D eigenvalue weighted by Crippen LogP contribution is -2.54. The third kappa shape index (κ3) is 4.41. The summed E-state index contributed by atoms with van der Waals surface area (Å²) in [6.45, 7) is 7.57. The van der Waals surface area contributed by atoms with E-state index in [1.807, 2.05) is 6.92 Å². The highest BCUT2D eigenvalue weighted by molar-refractivity contribution is 7.87. The van der Waals surface area contributed by atoms with Gasteiger partial charge in [-0.3, -0.25) is 0 Å². The molecule has 2 fully saturated rings. The zero-order valence-electron chi connectivity index (χ0n) is 12.9. The Balaban J connectivity index is 1.97. The smallest absolute Gasteiger partial charge is 0.279 e. The first-order valence-electron chi connectivity index (χ1n) is 7.92. The molecule has 0 spiro atoms. The number of nitrogens with one attached hydrogen (secondary N) is 2. The molecular formula is C14H29N3O2S. The van der Waals surface area contributed by atoms with Gasteiger partial charge in [-0.1, -0.05) is 20.3 Å². The van der Waals surface area contributed by atoms with Gasteiger partial charge in [0.1, 0.15) is 0 Å². The lowest BCUT2D eigenvalue weighted by atomic mass is 10.0. The van der Waals surface area contributed by atoms with Gasteiger partial charge in [0.05, 0.1) is 0 Å². The van der Waals surface area contributed by atoms with Crippen LogP contribution in [0.25, 0.3) is 0 Å². The van der Waals surface area contributed by atoms with E-state index in [1.165, 1.54) is 0 Å². The van der Waals surface area contributed by atoms with Crippen molar-refractivity contribution in [1.82, 2.24) is 14.3 Å². The molecule has 5 nitrogen and oxygen atoms in total. The van der Waals surface area contributed by atoms with Crippen LogP contribution in [-0.2, 0) is 10.2 Å². The maximum absolute atomic E-state index is 12.6. The SMILES string of the molecule is CC(C)NCC1CCCCN1S(=O)(=O)NC(C)C1CC1. The molecule has 1 heterocycles. The van der Waals surface area contributed by atoms with E-state index in [9.17, 15) is 8.42 Å². The number of rotatable bonds is 7. The molecule has 2 atom stereocenters. The number of piperidine rings is 1. The summed E-state index contributed by atoms with van der Waals surface area (Å²) in [5.41, 5.74) is 0. The van der Waals surface area contributed by atoms with Gasteiger partial charge in [0.15, 0.2) is 0 Å². The van der Waals surface area contributed by atoms with Gasteiger partial charge in [0.25, 0.3) is 10.2 Å². The molecule has 0 amide bonds. The zero-order chi connectivity index (χ0) is 14.8. The van der Waals surface area contributed by atoms with Gasteiger partial charge in [-0.15, -0.1) is 0 Å². The Morgan fingerprint density at radius 2 is 1.85 bits per heavy atom. The fourth-order valence-electron chi connectivity index (χ4n) is 2.86. The second-order valence-electron chi connectivity index (χ2n) is 6.57. The second-order valence-corrected chi connectivity index (χ2v) is 8.23. The van der Waals surface area contributed by atoms with Crippen LogP contribution in [0.4, 0.5) is 0 Å². The first kappa shape index (κ1) is 16.2. The molecule has 2 rings (SSSR count). The standard InChI is InChI=1S/C14H29N3O2S/c1-11(2)15-10-14-6-4-5-9-17(14)20(18,19)16-12(3)13-7-8-13/h11-16H,4-10H2,1-3H3. The van der Waals surface area contributed by atoms with E-state index in [4.69, 9.17) is 0 Å². The molecule has 6 heteroatoms. The Labute approximate surface area is 123 Å². The summed E-state index contributed by atoms with van der Waals surface area (Å²) in [5, 5.41) is 3.37. The minimum Gasteiger partial charge on any atom is -0.313 e. The first-order chi connectivity index (χ1) is 9.40. The third-order valence-electron chi connectivity index (χ3n) is 4.31. The van der Waals surface area contributed by atoms with E-state index in [0.717, 1.165) is 38.6 Å². The molecule has 20 heavy (non-hydrogen) atoms. The van der Waals surface area contributed by atoms with Gasteiger partial charge in [-0.25, -0.2) is 0 Å². The van der Waals surface area contributed by atoms with Crippen LogP contribution < -0.4 is 10.0 Å². The summed E-state index contributed by atoms with van der Waals surface area (Å²) < 4.78 is 29.7. The molecule has 1 aliphatic heterocycles. The fourth-order valence-corrected chi connectivity index (χ4v) is 4.60. The van der Waals surface area contributed by atoms with E-state index < -0.39 is 10.2 Å². The summed E-state index contributed by atoms with van der Waals surface area (Å²) in [4.78, 5) is 0. The predicted molar refractivity (Wildman–Crippen MR) is 81.7 cm³/mol. The molecule has 2 aliphatic rings. The minimum atomic E-state index is -3.34. The quantitative estimate of drug-likeness (QED) is 0.749. The topological polar surface area (TPSA) is 61.4 Å². The van der Waals surface area contributed by atoms with Crippen molar-refractivity contribution in [2.45, 2.75) is 71.0 Å². The van der Waals surface area contributed by atoms with Crippen LogP contribution in [0.1, 0.15) is 52.9 Å². The summed E-state index contributed by atoms with van der Waals surface area (Å²) in [6, 6.07) is 0.551. The number of nitrogens with zero attached hydrogens (tertiary/aromatic N) is 1. The van der Waals surface area contributed by atoms with Gasteiger partial charge in [0.2, 0.25) is 0 Å². The highest BCUT2D eigenvalue weighted by Gasteiger charge is 2.36. The largest absolute Gasteiger partial charge is 0.313 e. The van der Waals surface area contributed by atoms with E-state index >= 15 is 0 Å². The molecule has 1 saturated carbocycles.